The van der Waals surface area contributed by atoms with Crippen LogP contribution < -0.4 is 0 Å². The van der Waals surface area contributed by atoms with Crippen molar-refractivity contribution in [2.45, 2.75) is 17.3 Å². The molecule has 6 heteroatoms. The number of rotatable bonds is 4. The summed E-state index contributed by atoms with van der Waals surface area (Å²) in [5, 5.41) is 15.7. The standard InChI is InChI=1S/C12H13N3OS2/c1-15-12(13-9-14-15)18-8-11-10(5-7-17-11)4-2-3-6-16/h5,7,9,16H,3,6,8H2,1H3. The predicted molar refractivity (Wildman–Crippen MR) is 73.5 cm³/mol. The first kappa shape index (κ1) is 13.1. The molecule has 2 rings (SSSR count). The van der Waals surface area contributed by atoms with Crippen LogP contribution in [0.25, 0.3) is 0 Å². The molecule has 0 saturated carbocycles. The zero-order valence-corrected chi connectivity index (χ0v) is 11.6. The molecule has 2 heterocycles. The summed E-state index contributed by atoms with van der Waals surface area (Å²) in [5.74, 6) is 6.87. The molecule has 0 unspecified atom stereocenters. The minimum absolute atomic E-state index is 0.111. The third-order valence-electron chi connectivity index (χ3n) is 2.21. The van der Waals surface area contributed by atoms with E-state index in [-0.39, 0.29) is 6.61 Å². The Morgan fingerprint density at radius 3 is 3.17 bits per heavy atom. The van der Waals surface area contributed by atoms with Crippen LogP contribution in [0.4, 0.5) is 0 Å². The molecule has 2 aromatic heterocycles. The van der Waals surface area contributed by atoms with Crippen LogP contribution in [0.3, 0.4) is 0 Å². The first-order valence-electron chi connectivity index (χ1n) is 5.44. The summed E-state index contributed by atoms with van der Waals surface area (Å²) >= 11 is 3.34. The van der Waals surface area contributed by atoms with Gasteiger partial charge in [-0.1, -0.05) is 23.6 Å². The molecule has 0 radical (unpaired) electrons. The fourth-order valence-electron chi connectivity index (χ4n) is 1.32. The molecule has 4 nitrogen and oxygen atoms in total. The van der Waals surface area contributed by atoms with Gasteiger partial charge in [0.2, 0.25) is 0 Å². The van der Waals surface area contributed by atoms with Crippen LogP contribution in [-0.2, 0) is 12.8 Å². The monoisotopic (exact) mass is 279 g/mol. The zero-order valence-electron chi connectivity index (χ0n) is 9.96. The maximum atomic E-state index is 8.70. The Morgan fingerprint density at radius 1 is 1.56 bits per heavy atom. The van der Waals surface area contributed by atoms with Crippen molar-refractivity contribution < 1.29 is 5.11 Å². The van der Waals surface area contributed by atoms with E-state index in [9.17, 15) is 0 Å². The lowest BCUT2D eigenvalue weighted by molar-refractivity contribution is 0.305. The molecule has 0 spiro atoms. The summed E-state index contributed by atoms with van der Waals surface area (Å²) in [7, 11) is 1.88. The predicted octanol–water partition coefficient (Wildman–Crippen LogP) is 1.90. The molecule has 0 bridgehead atoms. The van der Waals surface area contributed by atoms with E-state index < -0.39 is 0 Å². The number of aliphatic hydroxyl groups excluding tert-OH is 1. The zero-order chi connectivity index (χ0) is 12.8. The van der Waals surface area contributed by atoms with Crippen molar-refractivity contribution in [2.75, 3.05) is 6.61 Å². The van der Waals surface area contributed by atoms with Crippen LogP contribution >= 0.6 is 23.1 Å². The number of thioether (sulfide) groups is 1. The van der Waals surface area contributed by atoms with Crippen molar-refractivity contribution in [3.63, 3.8) is 0 Å². The third kappa shape index (κ3) is 3.35. The Labute approximate surface area is 114 Å². The van der Waals surface area contributed by atoms with E-state index in [0.29, 0.717) is 6.42 Å². The van der Waals surface area contributed by atoms with E-state index in [4.69, 9.17) is 5.11 Å². The highest BCUT2D eigenvalue weighted by Crippen LogP contribution is 2.25. The summed E-state index contributed by atoms with van der Waals surface area (Å²) in [6.07, 6.45) is 2.07. The number of aromatic nitrogens is 3. The SMILES string of the molecule is Cn1ncnc1SCc1sccc1C#CCCO. The Kier molecular flexibility index (Phi) is 4.81. The van der Waals surface area contributed by atoms with Crippen molar-refractivity contribution >= 4 is 23.1 Å². The second kappa shape index (κ2) is 6.59. The molecule has 0 aromatic carbocycles. The van der Waals surface area contributed by atoms with Gasteiger partial charge in [-0.2, -0.15) is 5.10 Å². The second-order valence-corrected chi connectivity index (χ2v) is 5.43. The van der Waals surface area contributed by atoms with E-state index in [1.165, 1.54) is 4.88 Å². The Hall–Kier alpha value is -1.29. The molecule has 1 N–H and O–H groups in total. The largest absolute Gasteiger partial charge is 0.395 e. The van der Waals surface area contributed by atoms with Crippen LogP contribution in [0.1, 0.15) is 16.9 Å². The molecular formula is C12H13N3OS2. The van der Waals surface area contributed by atoms with Crippen LogP contribution in [-0.4, -0.2) is 26.5 Å². The van der Waals surface area contributed by atoms with Gasteiger partial charge in [-0.25, -0.2) is 9.67 Å². The number of nitrogens with zero attached hydrogens (tertiary/aromatic N) is 3. The quantitative estimate of drug-likeness (QED) is 0.686. The molecule has 0 fully saturated rings. The molecule has 0 aliphatic heterocycles. The molecular weight excluding hydrogens is 266 g/mol. The van der Waals surface area contributed by atoms with Gasteiger partial charge < -0.3 is 5.11 Å². The van der Waals surface area contributed by atoms with Crippen molar-refractivity contribution in [2.24, 2.45) is 7.05 Å². The molecule has 18 heavy (non-hydrogen) atoms. The van der Waals surface area contributed by atoms with E-state index >= 15 is 0 Å². The summed E-state index contributed by atoms with van der Waals surface area (Å²) in [6, 6.07) is 2.02. The lowest BCUT2D eigenvalue weighted by Crippen LogP contribution is -1.93. The van der Waals surface area contributed by atoms with Gasteiger partial charge in [0.25, 0.3) is 0 Å². The maximum Gasteiger partial charge on any atom is 0.186 e. The number of aryl methyl sites for hydroxylation is 1. The van der Waals surface area contributed by atoms with Crippen LogP contribution in [0.5, 0.6) is 0 Å². The summed E-state index contributed by atoms with van der Waals surface area (Å²) in [6.45, 7) is 0.111. The topological polar surface area (TPSA) is 50.9 Å². The average Bonchev–Trinajstić information content (AvgIpc) is 2.96. The molecule has 94 valence electrons. The normalized spacial score (nSPS) is 10.1. The van der Waals surface area contributed by atoms with Gasteiger partial charge in [0.15, 0.2) is 5.16 Å². The molecule has 0 atom stereocenters. The molecule has 0 amide bonds. The van der Waals surface area contributed by atoms with Crippen molar-refractivity contribution in [3.8, 4) is 11.8 Å². The Balaban J connectivity index is 2.00. The number of thiophene rings is 1. The second-order valence-electron chi connectivity index (χ2n) is 3.49. The van der Waals surface area contributed by atoms with Gasteiger partial charge in [0.1, 0.15) is 6.33 Å². The van der Waals surface area contributed by atoms with Gasteiger partial charge in [-0.3, -0.25) is 0 Å². The van der Waals surface area contributed by atoms with Crippen molar-refractivity contribution in [1.29, 1.82) is 0 Å². The fraction of sp³-hybridized carbons (Fsp3) is 0.333. The van der Waals surface area contributed by atoms with Crippen LogP contribution in [0.2, 0.25) is 0 Å². The lowest BCUT2D eigenvalue weighted by Gasteiger charge is -1.99. The Bertz CT molecular complexity index is 565. The maximum absolute atomic E-state index is 8.70. The third-order valence-corrected chi connectivity index (χ3v) is 4.37. The number of hydrogen-bond acceptors (Lipinski definition) is 5. The van der Waals surface area contributed by atoms with Crippen LogP contribution in [0, 0.1) is 11.8 Å². The summed E-state index contributed by atoms with van der Waals surface area (Å²) in [5.41, 5.74) is 1.04. The summed E-state index contributed by atoms with van der Waals surface area (Å²) < 4.78 is 1.76. The van der Waals surface area contributed by atoms with Gasteiger partial charge in [0.05, 0.1) is 6.61 Å². The van der Waals surface area contributed by atoms with Gasteiger partial charge in [-0.15, -0.1) is 11.3 Å². The van der Waals surface area contributed by atoms with E-state index in [1.807, 2.05) is 18.5 Å². The van der Waals surface area contributed by atoms with Gasteiger partial charge in [0, 0.05) is 29.7 Å². The Morgan fingerprint density at radius 2 is 2.44 bits per heavy atom. The summed E-state index contributed by atoms with van der Waals surface area (Å²) in [4.78, 5) is 5.40. The molecule has 0 saturated heterocycles. The number of hydrogen-bond donors (Lipinski definition) is 1. The van der Waals surface area contributed by atoms with E-state index in [1.54, 1.807) is 34.1 Å². The van der Waals surface area contributed by atoms with Crippen molar-refractivity contribution in [3.05, 3.63) is 28.2 Å². The minimum Gasteiger partial charge on any atom is -0.395 e. The van der Waals surface area contributed by atoms with Crippen LogP contribution in [0.15, 0.2) is 22.9 Å². The first-order valence-corrected chi connectivity index (χ1v) is 7.30. The van der Waals surface area contributed by atoms with Gasteiger partial charge >= 0.3 is 0 Å². The van der Waals surface area contributed by atoms with Crippen molar-refractivity contribution in [1.82, 2.24) is 14.8 Å². The highest BCUT2D eigenvalue weighted by atomic mass is 32.2. The molecule has 0 aliphatic rings. The molecule has 2 aromatic rings. The average molecular weight is 279 g/mol. The molecule has 0 aliphatic carbocycles. The number of aliphatic hydroxyl groups is 1. The van der Waals surface area contributed by atoms with E-state index in [0.717, 1.165) is 16.5 Å². The first-order chi connectivity index (χ1) is 8.81. The van der Waals surface area contributed by atoms with Gasteiger partial charge in [-0.05, 0) is 11.4 Å². The highest BCUT2D eigenvalue weighted by Gasteiger charge is 2.06. The minimum atomic E-state index is 0.111. The fourth-order valence-corrected chi connectivity index (χ4v) is 3.16. The lowest BCUT2D eigenvalue weighted by atomic mass is 10.2. The smallest absolute Gasteiger partial charge is 0.186 e. The highest BCUT2D eigenvalue weighted by molar-refractivity contribution is 7.98. The van der Waals surface area contributed by atoms with E-state index in [2.05, 4.69) is 21.9 Å².